The number of anilines is 1. The van der Waals surface area contributed by atoms with Gasteiger partial charge in [0.25, 0.3) is 0 Å². The van der Waals surface area contributed by atoms with E-state index in [4.69, 9.17) is 0 Å². The van der Waals surface area contributed by atoms with Crippen LogP contribution in [0.1, 0.15) is 30.9 Å². The first-order valence-corrected chi connectivity index (χ1v) is 10.7. The molecule has 0 aromatic heterocycles. The number of hydrogen-bond donors (Lipinski definition) is 3. The quantitative estimate of drug-likeness (QED) is 0.241. The first-order chi connectivity index (χ1) is 15.5. The molecule has 1 aliphatic heterocycles. The van der Waals surface area contributed by atoms with E-state index < -0.39 is 6.61 Å². The van der Waals surface area contributed by atoms with Crippen LogP contribution < -0.4 is 20.7 Å². The lowest BCUT2D eigenvalue weighted by Crippen LogP contribution is -2.36. The third-order valence-electron chi connectivity index (χ3n) is 4.97. The molecule has 1 aliphatic rings. The van der Waals surface area contributed by atoms with Gasteiger partial charge in [-0.25, -0.2) is 9.79 Å². The van der Waals surface area contributed by atoms with E-state index in [0.717, 1.165) is 37.2 Å². The summed E-state index contributed by atoms with van der Waals surface area (Å²) in [5.74, 6) is 0.679. The minimum Gasteiger partial charge on any atom is -0.434 e. The maximum Gasteiger partial charge on any atom is 0.387 e. The Bertz CT molecular complexity index is 923. The number of rotatable bonds is 8. The first-order valence-electron chi connectivity index (χ1n) is 10.7. The molecule has 0 atom stereocenters. The second-order valence-electron chi connectivity index (χ2n) is 7.36. The van der Waals surface area contributed by atoms with Crippen LogP contribution in [0.15, 0.2) is 53.5 Å². The number of ether oxygens (including phenoxy) is 1. The molecule has 3 rings (SSSR count). The zero-order chi connectivity index (χ0) is 22.8. The molecule has 180 valence electrons. The summed E-state index contributed by atoms with van der Waals surface area (Å²) in [6, 6.07) is 14.1. The zero-order valence-corrected chi connectivity index (χ0v) is 20.9. The molecule has 1 fully saturated rings. The van der Waals surface area contributed by atoms with Crippen molar-refractivity contribution >= 4 is 41.7 Å². The molecule has 10 heteroatoms. The van der Waals surface area contributed by atoms with Crippen LogP contribution in [-0.4, -0.2) is 43.1 Å². The number of carbonyl (C=O) groups excluding carboxylic acids is 1. The van der Waals surface area contributed by atoms with Crippen molar-refractivity contribution in [2.75, 3.05) is 25.0 Å². The largest absolute Gasteiger partial charge is 0.434 e. The Kier molecular flexibility index (Phi) is 11.1. The molecule has 2 aromatic rings. The minimum atomic E-state index is -2.88. The summed E-state index contributed by atoms with van der Waals surface area (Å²) in [6.07, 6.45) is 2.09. The van der Waals surface area contributed by atoms with Gasteiger partial charge in [0, 0.05) is 37.4 Å². The second kappa shape index (κ2) is 13.8. The van der Waals surface area contributed by atoms with Crippen molar-refractivity contribution in [1.82, 2.24) is 15.5 Å². The summed E-state index contributed by atoms with van der Waals surface area (Å²) < 4.78 is 29.8. The summed E-state index contributed by atoms with van der Waals surface area (Å²) in [5, 5.41) is 9.22. The monoisotopic (exact) mass is 573 g/mol. The molecular weight excluding hydrogens is 543 g/mol. The molecule has 33 heavy (non-hydrogen) atoms. The fraction of sp³-hybridized carbons (Fsp3) is 0.391. The van der Waals surface area contributed by atoms with E-state index >= 15 is 0 Å². The van der Waals surface area contributed by atoms with Gasteiger partial charge in [-0.1, -0.05) is 30.3 Å². The number of amides is 2. The van der Waals surface area contributed by atoms with Gasteiger partial charge in [-0.2, -0.15) is 8.78 Å². The lowest BCUT2D eigenvalue weighted by atomic mass is 10.2. The van der Waals surface area contributed by atoms with Crippen LogP contribution in [0.5, 0.6) is 5.75 Å². The lowest BCUT2D eigenvalue weighted by Gasteiger charge is -2.16. The van der Waals surface area contributed by atoms with E-state index in [0.29, 0.717) is 24.6 Å². The number of nitrogens with zero attached hydrogens (tertiary/aromatic N) is 2. The van der Waals surface area contributed by atoms with Gasteiger partial charge < -0.3 is 25.6 Å². The highest BCUT2D eigenvalue weighted by Gasteiger charge is 2.17. The Morgan fingerprint density at radius 3 is 2.61 bits per heavy atom. The average Bonchev–Trinajstić information content (AvgIpc) is 3.32. The maximum absolute atomic E-state index is 12.6. The van der Waals surface area contributed by atoms with Crippen LogP contribution >= 0.6 is 24.0 Å². The van der Waals surface area contributed by atoms with Crippen LogP contribution in [-0.2, 0) is 13.1 Å². The predicted octanol–water partition coefficient (Wildman–Crippen LogP) is 4.79. The Labute approximate surface area is 210 Å². The third kappa shape index (κ3) is 8.67. The minimum absolute atomic E-state index is 0. The van der Waals surface area contributed by atoms with Crippen LogP contribution in [0.4, 0.5) is 19.3 Å². The number of likely N-dealkylation sites (tertiary alicyclic amines) is 1. The molecule has 0 spiro atoms. The Morgan fingerprint density at radius 2 is 1.88 bits per heavy atom. The SMILES string of the molecule is CCNC(=NCc1cccc(NC(=O)N2CCCC2)c1)NCc1ccccc1OC(F)F.I. The Balaban J connectivity index is 0.00000385. The van der Waals surface area contributed by atoms with Gasteiger partial charge in [-0.3, -0.25) is 0 Å². The van der Waals surface area contributed by atoms with Crippen molar-refractivity contribution in [2.24, 2.45) is 4.99 Å². The number of nitrogens with one attached hydrogen (secondary N) is 3. The van der Waals surface area contributed by atoms with E-state index in [9.17, 15) is 13.6 Å². The van der Waals surface area contributed by atoms with Crippen molar-refractivity contribution in [3.05, 3.63) is 59.7 Å². The molecule has 2 aromatic carbocycles. The normalized spacial score (nSPS) is 13.5. The zero-order valence-electron chi connectivity index (χ0n) is 18.5. The molecule has 3 N–H and O–H groups in total. The van der Waals surface area contributed by atoms with E-state index in [2.05, 4.69) is 25.7 Å². The molecule has 0 unspecified atom stereocenters. The molecule has 1 saturated heterocycles. The van der Waals surface area contributed by atoms with E-state index in [1.165, 1.54) is 6.07 Å². The molecule has 0 bridgehead atoms. The van der Waals surface area contributed by atoms with Crippen molar-refractivity contribution in [3.8, 4) is 5.75 Å². The molecule has 0 aliphatic carbocycles. The summed E-state index contributed by atoms with van der Waals surface area (Å²) in [6.45, 7) is 1.96. The Hall–Kier alpha value is -2.63. The van der Waals surface area contributed by atoms with Gasteiger partial charge in [-0.15, -0.1) is 24.0 Å². The van der Waals surface area contributed by atoms with Crippen LogP contribution in [0, 0.1) is 0 Å². The van der Waals surface area contributed by atoms with Crippen LogP contribution in [0.25, 0.3) is 0 Å². The van der Waals surface area contributed by atoms with Crippen molar-refractivity contribution in [2.45, 2.75) is 39.5 Å². The average molecular weight is 573 g/mol. The highest BCUT2D eigenvalue weighted by molar-refractivity contribution is 14.0. The molecular formula is C23H30F2IN5O2. The number of hydrogen-bond acceptors (Lipinski definition) is 3. The van der Waals surface area contributed by atoms with Crippen LogP contribution in [0.2, 0.25) is 0 Å². The van der Waals surface area contributed by atoms with Crippen molar-refractivity contribution in [1.29, 1.82) is 0 Å². The van der Waals surface area contributed by atoms with E-state index in [1.807, 2.05) is 36.1 Å². The van der Waals surface area contributed by atoms with Crippen LogP contribution in [0.3, 0.4) is 0 Å². The number of aliphatic imine (C=N–C) groups is 1. The Morgan fingerprint density at radius 1 is 1.12 bits per heavy atom. The summed E-state index contributed by atoms with van der Waals surface area (Å²) in [7, 11) is 0. The molecule has 1 heterocycles. The standard InChI is InChI=1S/C23H29F2N5O2.HI/c1-2-26-22(28-16-18-9-3-4-11-20(18)32-21(24)25)27-15-17-8-7-10-19(14-17)29-23(31)30-12-5-6-13-30;/h3-4,7-11,14,21H,2,5-6,12-13,15-16H2,1H3,(H,29,31)(H2,26,27,28);1H. The van der Waals surface area contributed by atoms with Gasteiger partial charge in [-0.05, 0) is 43.5 Å². The summed E-state index contributed by atoms with van der Waals surface area (Å²) >= 11 is 0. The fourth-order valence-corrected chi connectivity index (χ4v) is 3.42. The number of urea groups is 1. The lowest BCUT2D eigenvalue weighted by molar-refractivity contribution is -0.0504. The first kappa shape index (κ1) is 26.6. The number of halogens is 3. The highest BCUT2D eigenvalue weighted by atomic mass is 127. The predicted molar refractivity (Wildman–Crippen MR) is 136 cm³/mol. The molecule has 0 saturated carbocycles. The summed E-state index contributed by atoms with van der Waals surface area (Å²) in [4.78, 5) is 18.7. The number of guanidine groups is 1. The van der Waals surface area contributed by atoms with Gasteiger partial charge in [0.2, 0.25) is 0 Å². The molecule has 2 amide bonds. The third-order valence-corrected chi connectivity index (χ3v) is 4.97. The van der Waals surface area contributed by atoms with Crippen molar-refractivity contribution < 1.29 is 18.3 Å². The van der Waals surface area contributed by atoms with Gasteiger partial charge >= 0.3 is 12.6 Å². The molecule has 0 radical (unpaired) electrons. The maximum atomic E-state index is 12.6. The number of benzene rings is 2. The molecule has 7 nitrogen and oxygen atoms in total. The fourth-order valence-electron chi connectivity index (χ4n) is 3.42. The van der Waals surface area contributed by atoms with E-state index in [-0.39, 0.29) is 42.3 Å². The number of carbonyl (C=O) groups is 1. The topological polar surface area (TPSA) is 78.0 Å². The highest BCUT2D eigenvalue weighted by Crippen LogP contribution is 2.20. The van der Waals surface area contributed by atoms with Crippen molar-refractivity contribution in [3.63, 3.8) is 0 Å². The van der Waals surface area contributed by atoms with Gasteiger partial charge in [0.05, 0.1) is 6.54 Å². The van der Waals surface area contributed by atoms with E-state index in [1.54, 1.807) is 18.2 Å². The van der Waals surface area contributed by atoms with Gasteiger partial charge in [0.1, 0.15) is 5.75 Å². The summed E-state index contributed by atoms with van der Waals surface area (Å²) in [5.41, 5.74) is 2.26. The number of alkyl halides is 2. The second-order valence-corrected chi connectivity index (χ2v) is 7.36. The smallest absolute Gasteiger partial charge is 0.387 e. The van der Waals surface area contributed by atoms with Gasteiger partial charge in [0.15, 0.2) is 5.96 Å². The number of para-hydroxylation sites is 1.